The van der Waals surface area contributed by atoms with Crippen molar-refractivity contribution in [1.82, 2.24) is 10.1 Å². The quantitative estimate of drug-likeness (QED) is 0.206. The molecule has 0 saturated heterocycles. The minimum atomic E-state index is -4.59. The summed E-state index contributed by atoms with van der Waals surface area (Å²) >= 11 is 12.1. The van der Waals surface area contributed by atoms with Crippen LogP contribution in [0.1, 0.15) is 21.7 Å². The minimum Gasteiger partial charge on any atom is -0.437 e. The standard InChI is InChI=1S/C23H13Cl2F3N2O4/c1-12-19(20(30-34-12)16-7-2-3-8-17(16)24)22(31)33-15-6-4-5-14(10-15)32-21-18(25)9-13(11-29-21)23(26,27)28/h2-11H,1H3. The van der Waals surface area contributed by atoms with Crippen LogP contribution in [0.25, 0.3) is 11.3 Å². The van der Waals surface area contributed by atoms with E-state index in [0.717, 1.165) is 0 Å². The van der Waals surface area contributed by atoms with E-state index in [-0.39, 0.29) is 39.4 Å². The summed E-state index contributed by atoms with van der Waals surface area (Å²) < 4.78 is 54.5. The molecule has 2 heterocycles. The highest BCUT2D eigenvalue weighted by Gasteiger charge is 2.32. The Balaban J connectivity index is 1.56. The largest absolute Gasteiger partial charge is 0.437 e. The van der Waals surface area contributed by atoms with Gasteiger partial charge in [0.1, 0.15) is 33.5 Å². The van der Waals surface area contributed by atoms with Crippen LogP contribution >= 0.6 is 23.2 Å². The lowest BCUT2D eigenvalue weighted by atomic mass is 10.1. The molecule has 11 heteroatoms. The zero-order chi connectivity index (χ0) is 24.5. The highest BCUT2D eigenvalue weighted by atomic mass is 35.5. The van der Waals surface area contributed by atoms with Crippen molar-refractivity contribution in [3.05, 3.63) is 87.7 Å². The maximum atomic E-state index is 12.9. The molecule has 0 aliphatic heterocycles. The summed E-state index contributed by atoms with van der Waals surface area (Å²) in [6.07, 6.45) is -3.98. The number of hydrogen-bond acceptors (Lipinski definition) is 6. The number of pyridine rings is 1. The third-order valence-electron chi connectivity index (χ3n) is 4.56. The number of carbonyl (C=O) groups is 1. The van der Waals surface area contributed by atoms with Gasteiger partial charge in [0.05, 0.1) is 10.6 Å². The van der Waals surface area contributed by atoms with E-state index in [9.17, 15) is 18.0 Å². The number of rotatable bonds is 5. The molecule has 4 aromatic rings. The van der Waals surface area contributed by atoms with Crippen molar-refractivity contribution in [3.8, 4) is 28.6 Å². The van der Waals surface area contributed by atoms with E-state index in [2.05, 4.69) is 10.1 Å². The first-order chi connectivity index (χ1) is 16.1. The van der Waals surface area contributed by atoms with Crippen LogP contribution in [-0.4, -0.2) is 16.1 Å². The summed E-state index contributed by atoms with van der Waals surface area (Å²) in [4.78, 5) is 16.5. The van der Waals surface area contributed by atoms with Gasteiger partial charge in [0.25, 0.3) is 0 Å². The van der Waals surface area contributed by atoms with Crippen molar-refractivity contribution < 1.29 is 32.0 Å². The second kappa shape index (κ2) is 9.36. The Morgan fingerprint density at radius 2 is 1.74 bits per heavy atom. The molecule has 0 saturated carbocycles. The van der Waals surface area contributed by atoms with Gasteiger partial charge < -0.3 is 14.0 Å². The van der Waals surface area contributed by atoms with Gasteiger partial charge >= 0.3 is 12.1 Å². The van der Waals surface area contributed by atoms with Gasteiger partial charge in [-0.25, -0.2) is 9.78 Å². The lowest BCUT2D eigenvalue weighted by molar-refractivity contribution is -0.137. The summed E-state index contributed by atoms with van der Waals surface area (Å²) in [5, 5.41) is 3.97. The number of halogens is 5. The maximum absolute atomic E-state index is 12.9. The number of esters is 1. The Morgan fingerprint density at radius 3 is 2.44 bits per heavy atom. The Bertz CT molecular complexity index is 1370. The first kappa shape index (κ1) is 23.6. The fourth-order valence-electron chi connectivity index (χ4n) is 2.98. The van der Waals surface area contributed by atoms with E-state index >= 15 is 0 Å². The highest BCUT2D eigenvalue weighted by Crippen LogP contribution is 2.36. The molecular formula is C23H13Cl2F3N2O4. The molecule has 0 atom stereocenters. The molecule has 0 radical (unpaired) electrons. The molecular weight excluding hydrogens is 496 g/mol. The average molecular weight is 509 g/mol. The summed E-state index contributed by atoms with van der Waals surface area (Å²) in [5.41, 5.74) is -0.202. The molecule has 0 amide bonds. The second-order valence-electron chi connectivity index (χ2n) is 6.92. The number of aromatic nitrogens is 2. The number of hydrogen-bond donors (Lipinski definition) is 0. The zero-order valence-corrected chi connectivity index (χ0v) is 18.7. The van der Waals surface area contributed by atoms with Crippen LogP contribution in [0.15, 0.2) is 65.3 Å². The van der Waals surface area contributed by atoms with Gasteiger partial charge in [-0.2, -0.15) is 13.2 Å². The Labute approximate surface area is 200 Å². The summed E-state index contributed by atoms with van der Waals surface area (Å²) in [5.74, 6) is -0.539. The van der Waals surface area contributed by atoms with Crippen molar-refractivity contribution in [3.63, 3.8) is 0 Å². The number of benzene rings is 2. The van der Waals surface area contributed by atoms with E-state index in [1.165, 1.54) is 24.3 Å². The third-order valence-corrected chi connectivity index (χ3v) is 5.16. The zero-order valence-electron chi connectivity index (χ0n) is 17.2. The molecule has 6 nitrogen and oxygen atoms in total. The molecule has 4 rings (SSSR count). The van der Waals surface area contributed by atoms with Gasteiger partial charge in [-0.1, -0.05) is 52.6 Å². The Hall–Kier alpha value is -3.56. The van der Waals surface area contributed by atoms with Crippen LogP contribution < -0.4 is 9.47 Å². The van der Waals surface area contributed by atoms with Crippen LogP contribution in [0.4, 0.5) is 13.2 Å². The topological polar surface area (TPSA) is 74.5 Å². The molecule has 174 valence electrons. The Kier molecular flexibility index (Phi) is 6.49. The number of carbonyl (C=O) groups excluding carboxylic acids is 1. The van der Waals surface area contributed by atoms with Crippen molar-refractivity contribution >= 4 is 29.2 Å². The molecule has 0 aliphatic rings. The average Bonchev–Trinajstić information content (AvgIpc) is 3.16. The van der Waals surface area contributed by atoms with Crippen LogP contribution in [-0.2, 0) is 6.18 Å². The molecule has 0 bridgehead atoms. The lowest BCUT2D eigenvalue weighted by Crippen LogP contribution is -2.10. The van der Waals surface area contributed by atoms with Crippen molar-refractivity contribution in [2.75, 3.05) is 0 Å². The van der Waals surface area contributed by atoms with Crippen LogP contribution in [0.5, 0.6) is 17.4 Å². The molecule has 0 spiro atoms. The number of nitrogens with zero attached hydrogens (tertiary/aromatic N) is 2. The molecule has 34 heavy (non-hydrogen) atoms. The monoisotopic (exact) mass is 508 g/mol. The lowest BCUT2D eigenvalue weighted by Gasteiger charge is -2.11. The second-order valence-corrected chi connectivity index (χ2v) is 7.73. The van der Waals surface area contributed by atoms with E-state index in [1.54, 1.807) is 31.2 Å². The van der Waals surface area contributed by atoms with Crippen molar-refractivity contribution in [2.24, 2.45) is 0 Å². The molecule has 0 N–H and O–H groups in total. The van der Waals surface area contributed by atoms with E-state index in [0.29, 0.717) is 22.8 Å². The van der Waals surface area contributed by atoms with Gasteiger partial charge in [0.2, 0.25) is 5.88 Å². The number of aryl methyl sites for hydroxylation is 1. The fourth-order valence-corrected chi connectivity index (χ4v) is 3.41. The smallest absolute Gasteiger partial charge is 0.417 e. The number of alkyl halides is 3. The summed E-state index contributed by atoms with van der Waals surface area (Å²) in [7, 11) is 0. The first-order valence-corrected chi connectivity index (χ1v) is 10.3. The van der Waals surface area contributed by atoms with Gasteiger partial charge in [0, 0.05) is 17.8 Å². The van der Waals surface area contributed by atoms with Crippen LogP contribution in [0, 0.1) is 6.92 Å². The summed E-state index contributed by atoms with van der Waals surface area (Å²) in [6.45, 7) is 1.56. The van der Waals surface area contributed by atoms with Crippen LogP contribution in [0.2, 0.25) is 10.0 Å². The SMILES string of the molecule is Cc1onc(-c2ccccc2Cl)c1C(=O)Oc1cccc(Oc2ncc(C(F)(F)F)cc2Cl)c1. The van der Waals surface area contributed by atoms with Gasteiger partial charge in [-0.3, -0.25) is 0 Å². The molecule has 0 aliphatic carbocycles. The van der Waals surface area contributed by atoms with E-state index in [1.807, 2.05) is 0 Å². The van der Waals surface area contributed by atoms with E-state index < -0.39 is 17.7 Å². The maximum Gasteiger partial charge on any atom is 0.417 e. The van der Waals surface area contributed by atoms with Gasteiger partial charge in [-0.15, -0.1) is 0 Å². The van der Waals surface area contributed by atoms with Gasteiger partial charge in [-0.05, 0) is 31.2 Å². The fraction of sp³-hybridized carbons (Fsp3) is 0.0870. The molecule has 0 fully saturated rings. The molecule has 2 aromatic carbocycles. The highest BCUT2D eigenvalue weighted by molar-refractivity contribution is 6.33. The molecule has 2 aromatic heterocycles. The number of ether oxygens (including phenoxy) is 2. The Morgan fingerprint density at radius 1 is 1.00 bits per heavy atom. The van der Waals surface area contributed by atoms with Gasteiger partial charge in [0.15, 0.2) is 0 Å². The van der Waals surface area contributed by atoms with Crippen molar-refractivity contribution in [1.29, 1.82) is 0 Å². The minimum absolute atomic E-state index is 0.0897. The predicted molar refractivity (Wildman–Crippen MR) is 117 cm³/mol. The van der Waals surface area contributed by atoms with Crippen LogP contribution in [0.3, 0.4) is 0 Å². The third kappa shape index (κ3) is 5.00. The van der Waals surface area contributed by atoms with Crippen molar-refractivity contribution in [2.45, 2.75) is 13.1 Å². The predicted octanol–water partition coefficient (Wildman–Crippen LogP) is 7.38. The molecule has 0 unspecified atom stereocenters. The normalized spacial score (nSPS) is 11.4. The van der Waals surface area contributed by atoms with E-state index in [4.69, 9.17) is 37.2 Å². The summed E-state index contributed by atoms with van der Waals surface area (Å²) in [6, 6.07) is 13.4. The first-order valence-electron chi connectivity index (χ1n) is 9.57.